The van der Waals surface area contributed by atoms with E-state index in [1.807, 2.05) is 14.0 Å². The fourth-order valence-corrected chi connectivity index (χ4v) is 4.71. The average molecular weight is 550 g/mol. The van der Waals surface area contributed by atoms with Crippen molar-refractivity contribution in [1.29, 1.82) is 0 Å². The van der Waals surface area contributed by atoms with Gasteiger partial charge in [-0.25, -0.2) is 17.9 Å². The summed E-state index contributed by atoms with van der Waals surface area (Å²) in [6.07, 6.45) is 3.37. The van der Waals surface area contributed by atoms with Gasteiger partial charge in [0.2, 0.25) is 5.88 Å². The maximum atomic E-state index is 12.9. The molecule has 4 aromatic heterocycles. The second kappa shape index (κ2) is 10.0. The van der Waals surface area contributed by atoms with Crippen LogP contribution in [0.1, 0.15) is 16.2 Å². The summed E-state index contributed by atoms with van der Waals surface area (Å²) in [6.45, 7) is 1.94. The molecule has 5 rings (SSSR count). The van der Waals surface area contributed by atoms with Crippen LogP contribution >= 0.6 is 0 Å². The summed E-state index contributed by atoms with van der Waals surface area (Å²) in [6, 6.07) is 10.3. The summed E-state index contributed by atoms with van der Waals surface area (Å²) in [4.78, 5) is 25.1. The van der Waals surface area contributed by atoms with Gasteiger partial charge in [0.15, 0.2) is 17.2 Å². The maximum Gasteiger partial charge on any atom is 0.321 e. The van der Waals surface area contributed by atoms with Crippen molar-refractivity contribution in [3.8, 4) is 23.1 Å². The van der Waals surface area contributed by atoms with Crippen LogP contribution in [0.5, 0.6) is 11.9 Å². The first kappa shape index (κ1) is 25.6. The Labute approximate surface area is 222 Å². The molecule has 0 aliphatic rings. The Morgan fingerprint density at radius 3 is 2.46 bits per heavy atom. The lowest BCUT2D eigenvalue weighted by molar-refractivity contribution is 0.102. The molecule has 0 atom stereocenters. The fourth-order valence-electron chi connectivity index (χ4n) is 3.72. The molecule has 5 aromatic rings. The maximum absolute atomic E-state index is 12.9. The molecular weight excluding hydrogens is 526 g/mol. The Kier molecular flexibility index (Phi) is 6.57. The summed E-state index contributed by atoms with van der Waals surface area (Å²) in [5.74, 6) is -0.386. The summed E-state index contributed by atoms with van der Waals surface area (Å²) in [5.41, 5.74) is 3.55. The largest absolute Gasteiger partial charge is 0.481 e. The molecule has 0 fully saturated rings. The molecule has 0 bridgehead atoms. The van der Waals surface area contributed by atoms with E-state index in [9.17, 15) is 13.2 Å². The normalized spacial score (nSPS) is 11.4. The van der Waals surface area contributed by atoms with Gasteiger partial charge >= 0.3 is 6.01 Å². The number of ether oxygens (including phenoxy) is 2. The number of aryl methyl sites for hydroxylation is 1. The summed E-state index contributed by atoms with van der Waals surface area (Å²) >= 11 is 0. The minimum atomic E-state index is -4.01. The number of sulfonamides is 1. The molecule has 2 N–H and O–H groups in total. The average Bonchev–Trinajstić information content (AvgIpc) is 3.51. The lowest BCUT2D eigenvalue weighted by atomic mass is 10.2. The molecule has 15 heteroatoms. The molecule has 0 radical (unpaired) electrons. The third kappa shape index (κ3) is 5.06. The molecule has 1 aromatic carbocycles. The number of hydrogen-bond acceptors (Lipinski definition) is 10. The van der Waals surface area contributed by atoms with E-state index in [-0.39, 0.29) is 28.3 Å². The second-order valence-electron chi connectivity index (χ2n) is 8.26. The van der Waals surface area contributed by atoms with E-state index in [2.05, 4.69) is 35.2 Å². The Morgan fingerprint density at radius 2 is 1.79 bits per heavy atom. The van der Waals surface area contributed by atoms with Crippen molar-refractivity contribution in [2.75, 3.05) is 24.3 Å². The molecule has 0 spiro atoms. The van der Waals surface area contributed by atoms with Crippen LogP contribution in [0.2, 0.25) is 0 Å². The molecule has 0 saturated heterocycles. The fraction of sp³-hybridized carbons (Fsp3) is 0.167. The molecule has 4 heterocycles. The highest BCUT2D eigenvalue weighted by molar-refractivity contribution is 7.92. The van der Waals surface area contributed by atoms with E-state index >= 15 is 0 Å². The number of nitrogens with one attached hydrogen (secondary N) is 2. The zero-order valence-electron chi connectivity index (χ0n) is 21.3. The van der Waals surface area contributed by atoms with Crippen molar-refractivity contribution in [2.45, 2.75) is 11.8 Å². The highest BCUT2D eigenvalue weighted by Crippen LogP contribution is 2.24. The molecule has 0 aliphatic heterocycles. The monoisotopic (exact) mass is 549 g/mol. The number of anilines is 2. The number of methoxy groups -OCH3 is 2. The lowest BCUT2D eigenvalue weighted by Crippen LogP contribution is -2.15. The Hall–Kier alpha value is -5.05. The first-order chi connectivity index (χ1) is 18.7. The summed E-state index contributed by atoms with van der Waals surface area (Å²) in [7, 11) is 0.574. The van der Waals surface area contributed by atoms with Crippen molar-refractivity contribution in [3.05, 3.63) is 66.2 Å². The third-order valence-electron chi connectivity index (χ3n) is 5.84. The Morgan fingerprint density at radius 1 is 1.03 bits per heavy atom. The molecule has 200 valence electrons. The number of aromatic nitrogens is 7. The minimum absolute atomic E-state index is 0.0302. The van der Waals surface area contributed by atoms with E-state index in [0.717, 1.165) is 17.0 Å². The first-order valence-electron chi connectivity index (χ1n) is 11.4. The van der Waals surface area contributed by atoms with Gasteiger partial charge in [-0.15, -0.1) is 0 Å². The SMILES string of the molecule is COc1cc(NS(=O)(=O)c2ccc(NC(=O)c3cc4nccc(-c5cnn(C)c5C)n4n3)cc2)nc(OC)n1. The standard InChI is InChI=1S/C24H23N9O5S/c1-14-17(13-26-32(14)2)19-9-10-25-21-11-18(30-33(19)21)23(34)27-15-5-7-16(8-6-15)39(35,36)31-20-12-22(37-3)29-24(28-20)38-4/h5-13H,1-4H3,(H,27,34)(H,28,29,31). The van der Waals surface area contributed by atoms with Gasteiger partial charge in [-0.3, -0.25) is 14.2 Å². The van der Waals surface area contributed by atoms with Crippen LogP contribution in [-0.4, -0.2) is 62.9 Å². The van der Waals surface area contributed by atoms with Crippen LogP contribution in [0.15, 0.2) is 59.8 Å². The van der Waals surface area contributed by atoms with Gasteiger partial charge in [0.1, 0.15) is 0 Å². The van der Waals surface area contributed by atoms with Crippen molar-refractivity contribution in [3.63, 3.8) is 0 Å². The number of benzene rings is 1. The predicted molar refractivity (Wildman–Crippen MR) is 140 cm³/mol. The number of carbonyl (C=O) groups excluding carboxylic acids is 1. The van der Waals surface area contributed by atoms with E-state index in [0.29, 0.717) is 11.3 Å². The molecule has 0 aliphatic carbocycles. The molecule has 0 unspecified atom stereocenters. The molecule has 1 amide bonds. The van der Waals surface area contributed by atoms with Gasteiger partial charge in [0.05, 0.1) is 31.0 Å². The van der Waals surface area contributed by atoms with E-state index in [1.54, 1.807) is 33.7 Å². The number of rotatable bonds is 8. The number of hydrogen-bond donors (Lipinski definition) is 2. The van der Waals surface area contributed by atoms with Gasteiger partial charge in [0, 0.05) is 42.3 Å². The molecule has 0 saturated carbocycles. The summed E-state index contributed by atoms with van der Waals surface area (Å²) in [5, 5.41) is 11.4. The quantitative estimate of drug-likeness (QED) is 0.293. The van der Waals surface area contributed by atoms with E-state index < -0.39 is 15.9 Å². The number of carbonyl (C=O) groups is 1. The highest BCUT2D eigenvalue weighted by atomic mass is 32.2. The van der Waals surface area contributed by atoms with Gasteiger partial charge in [-0.2, -0.15) is 20.2 Å². The lowest BCUT2D eigenvalue weighted by Gasteiger charge is -2.10. The van der Waals surface area contributed by atoms with Crippen LogP contribution in [0.3, 0.4) is 0 Å². The number of fused-ring (bicyclic) bond motifs is 1. The van der Waals surface area contributed by atoms with Crippen molar-refractivity contribution < 1.29 is 22.7 Å². The molecular formula is C24H23N9O5S. The van der Waals surface area contributed by atoms with Crippen LogP contribution in [0, 0.1) is 6.92 Å². The predicted octanol–water partition coefficient (Wildman–Crippen LogP) is 2.30. The van der Waals surface area contributed by atoms with Crippen LogP contribution in [0.25, 0.3) is 16.9 Å². The van der Waals surface area contributed by atoms with E-state index in [1.165, 1.54) is 44.6 Å². The minimum Gasteiger partial charge on any atom is -0.481 e. The van der Waals surface area contributed by atoms with Crippen LogP contribution in [-0.2, 0) is 17.1 Å². The summed E-state index contributed by atoms with van der Waals surface area (Å²) < 4.78 is 41.4. The molecule has 39 heavy (non-hydrogen) atoms. The van der Waals surface area contributed by atoms with E-state index in [4.69, 9.17) is 9.47 Å². The van der Waals surface area contributed by atoms with Gasteiger partial charge in [-0.05, 0) is 37.3 Å². The van der Waals surface area contributed by atoms with Gasteiger partial charge in [-0.1, -0.05) is 0 Å². The van der Waals surface area contributed by atoms with Crippen LogP contribution in [0.4, 0.5) is 11.5 Å². The van der Waals surface area contributed by atoms with Crippen LogP contribution < -0.4 is 19.5 Å². The topological polar surface area (TPSA) is 168 Å². The zero-order chi connectivity index (χ0) is 27.7. The van der Waals surface area contributed by atoms with Gasteiger partial charge in [0.25, 0.3) is 15.9 Å². The molecule has 14 nitrogen and oxygen atoms in total. The number of nitrogens with zero attached hydrogens (tertiary/aromatic N) is 7. The third-order valence-corrected chi connectivity index (χ3v) is 7.21. The zero-order valence-corrected chi connectivity index (χ0v) is 22.1. The van der Waals surface area contributed by atoms with Crippen molar-refractivity contribution >= 4 is 33.1 Å². The van der Waals surface area contributed by atoms with Crippen molar-refractivity contribution in [1.82, 2.24) is 34.3 Å². The van der Waals surface area contributed by atoms with Crippen molar-refractivity contribution in [2.24, 2.45) is 7.05 Å². The highest BCUT2D eigenvalue weighted by Gasteiger charge is 2.19. The first-order valence-corrected chi connectivity index (χ1v) is 12.9. The smallest absolute Gasteiger partial charge is 0.321 e. The Balaban J connectivity index is 1.34. The second-order valence-corrected chi connectivity index (χ2v) is 9.95. The number of amides is 1. The Bertz CT molecular complexity index is 1770. The van der Waals surface area contributed by atoms with Gasteiger partial charge < -0.3 is 14.8 Å².